The second-order valence-corrected chi connectivity index (χ2v) is 5.67. The van der Waals surface area contributed by atoms with E-state index in [1.165, 1.54) is 16.7 Å². The van der Waals surface area contributed by atoms with Gasteiger partial charge in [-0.1, -0.05) is 37.3 Å². The molecule has 1 unspecified atom stereocenters. The SMILES string of the molecule is CCCC(=O)NCC(Cc1cccnc1)c1ccccc1C. The number of nitrogens with zero attached hydrogens (tertiary/aromatic N) is 1. The molecule has 3 nitrogen and oxygen atoms in total. The van der Waals surface area contributed by atoms with Crippen molar-refractivity contribution in [2.45, 2.75) is 39.0 Å². The lowest BCUT2D eigenvalue weighted by Crippen LogP contribution is -2.29. The Labute approximate surface area is 132 Å². The summed E-state index contributed by atoms with van der Waals surface area (Å²) >= 11 is 0. The van der Waals surface area contributed by atoms with Gasteiger partial charge in [-0.2, -0.15) is 0 Å². The zero-order chi connectivity index (χ0) is 15.8. The predicted molar refractivity (Wildman–Crippen MR) is 89.8 cm³/mol. The first-order valence-electron chi connectivity index (χ1n) is 7.91. The van der Waals surface area contributed by atoms with Gasteiger partial charge in [0.15, 0.2) is 0 Å². The summed E-state index contributed by atoms with van der Waals surface area (Å²) in [7, 11) is 0. The molecule has 0 saturated heterocycles. The zero-order valence-corrected chi connectivity index (χ0v) is 13.4. The maximum absolute atomic E-state index is 11.8. The van der Waals surface area contributed by atoms with Crippen LogP contribution in [0.1, 0.15) is 42.4 Å². The van der Waals surface area contributed by atoms with Crippen LogP contribution in [0, 0.1) is 6.92 Å². The van der Waals surface area contributed by atoms with Crippen LogP contribution < -0.4 is 5.32 Å². The molecule has 0 saturated carbocycles. The van der Waals surface area contributed by atoms with Crippen molar-refractivity contribution < 1.29 is 4.79 Å². The summed E-state index contributed by atoms with van der Waals surface area (Å²) in [5, 5.41) is 3.07. The van der Waals surface area contributed by atoms with Crippen LogP contribution in [0.15, 0.2) is 48.8 Å². The average molecular weight is 296 g/mol. The number of nitrogens with one attached hydrogen (secondary N) is 1. The average Bonchev–Trinajstić information content (AvgIpc) is 2.53. The highest BCUT2D eigenvalue weighted by atomic mass is 16.1. The minimum Gasteiger partial charge on any atom is -0.355 e. The predicted octanol–water partition coefficient (Wildman–Crippen LogP) is 3.63. The third kappa shape index (κ3) is 4.69. The number of carbonyl (C=O) groups excluding carboxylic acids is 1. The largest absolute Gasteiger partial charge is 0.355 e. The number of carbonyl (C=O) groups is 1. The molecule has 116 valence electrons. The molecule has 0 aliphatic carbocycles. The number of hydrogen-bond acceptors (Lipinski definition) is 2. The fourth-order valence-corrected chi connectivity index (χ4v) is 2.69. The molecule has 0 spiro atoms. The maximum atomic E-state index is 11.8. The Kier molecular flexibility index (Phi) is 6.13. The van der Waals surface area contributed by atoms with Gasteiger partial charge in [0.1, 0.15) is 0 Å². The molecule has 3 heteroatoms. The van der Waals surface area contributed by atoms with E-state index in [0.29, 0.717) is 13.0 Å². The second kappa shape index (κ2) is 8.32. The van der Waals surface area contributed by atoms with Crippen LogP contribution in [0.2, 0.25) is 0 Å². The third-order valence-corrected chi connectivity index (χ3v) is 3.86. The number of aromatic nitrogens is 1. The van der Waals surface area contributed by atoms with Crippen molar-refractivity contribution in [3.63, 3.8) is 0 Å². The summed E-state index contributed by atoms with van der Waals surface area (Å²) in [6, 6.07) is 12.4. The zero-order valence-electron chi connectivity index (χ0n) is 13.4. The molecule has 0 aliphatic rings. The van der Waals surface area contributed by atoms with Crippen LogP contribution >= 0.6 is 0 Å². The van der Waals surface area contributed by atoms with Gasteiger partial charge in [0, 0.05) is 31.3 Å². The first kappa shape index (κ1) is 16.2. The number of benzene rings is 1. The van der Waals surface area contributed by atoms with Crippen LogP contribution in [-0.4, -0.2) is 17.4 Å². The van der Waals surface area contributed by atoms with E-state index in [4.69, 9.17) is 0 Å². The van der Waals surface area contributed by atoms with E-state index in [1.807, 2.05) is 19.2 Å². The molecule has 1 amide bonds. The highest BCUT2D eigenvalue weighted by Gasteiger charge is 2.15. The fourth-order valence-electron chi connectivity index (χ4n) is 2.69. The number of rotatable bonds is 7. The van der Waals surface area contributed by atoms with Gasteiger partial charge in [-0.05, 0) is 42.5 Å². The Balaban J connectivity index is 2.14. The van der Waals surface area contributed by atoms with Gasteiger partial charge >= 0.3 is 0 Å². The normalized spacial score (nSPS) is 11.9. The molecule has 22 heavy (non-hydrogen) atoms. The Hall–Kier alpha value is -2.16. The van der Waals surface area contributed by atoms with E-state index < -0.39 is 0 Å². The first-order valence-corrected chi connectivity index (χ1v) is 7.91. The van der Waals surface area contributed by atoms with Crippen LogP contribution in [0.25, 0.3) is 0 Å². The van der Waals surface area contributed by atoms with Crippen molar-refractivity contribution in [2.24, 2.45) is 0 Å². The highest BCUT2D eigenvalue weighted by Crippen LogP contribution is 2.23. The van der Waals surface area contributed by atoms with Gasteiger partial charge in [0.05, 0.1) is 0 Å². The molecule has 0 bridgehead atoms. The first-order chi connectivity index (χ1) is 10.7. The van der Waals surface area contributed by atoms with Gasteiger partial charge in [-0.15, -0.1) is 0 Å². The van der Waals surface area contributed by atoms with Crippen LogP contribution in [0.5, 0.6) is 0 Å². The Morgan fingerprint density at radius 2 is 2.05 bits per heavy atom. The van der Waals surface area contributed by atoms with E-state index in [-0.39, 0.29) is 11.8 Å². The summed E-state index contributed by atoms with van der Waals surface area (Å²) in [4.78, 5) is 16.0. The third-order valence-electron chi connectivity index (χ3n) is 3.86. The van der Waals surface area contributed by atoms with E-state index in [0.717, 1.165) is 12.8 Å². The van der Waals surface area contributed by atoms with Gasteiger partial charge in [0.25, 0.3) is 0 Å². The standard InChI is InChI=1S/C19H24N2O/c1-3-7-19(22)21-14-17(12-16-9-6-11-20-13-16)18-10-5-4-8-15(18)2/h4-6,8-11,13,17H,3,7,12,14H2,1-2H3,(H,21,22). The van der Waals surface area contributed by atoms with Crippen molar-refractivity contribution in [2.75, 3.05) is 6.54 Å². The monoisotopic (exact) mass is 296 g/mol. The molecule has 2 rings (SSSR count). The van der Waals surface area contributed by atoms with E-state index in [1.54, 1.807) is 6.20 Å². The topological polar surface area (TPSA) is 42.0 Å². The van der Waals surface area contributed by atoms with E-state index in [9.17, 15) is 4.79 Å². The number of amides is 1. The molecule has 0 aliphatic heterocycles. The summed E-state index contributed by atoms with van der Waals surface area (Å²) < 4.78 is 0. The van der Waals surface area contributed by atoms with Crippen molar-refractivity contribution in [1.29, 1.82) is 0 Å². The smallest absolute Gasteiger partial charge is 0.220 e. The molecule has 0 radical (unpaired) electrons. The lowest BCUT2D eigenvalue weighted by molar-refractivity contribution is -0.121. The number of pyridine rings is 1. The summed E-state index contributed by atoms with van der Waals surface area (Å²) in [6.07, 6.45) is 6.04. The van der Waals surface area contributed by atoms with Crippen molar-refractivity contribution in [3.05, 3.63) is 65.5 Å². The highest BCUT2D eigenvalue weighted by molar-refractivity contribution is 5.75. The van der Waals surface area contributed by atoms with Crippen LogP contribution in [0.3, 0.4) is 0 Å². The molecule has 2 aromatic rings. The minimum absolute atomic E-state index is 0.132. The van der Waals surface area contributed by atoms with Crippen LogP contribution in [0.4, 0.5) is 0 Å². The van der Waals surface area contributed by atoms with E-state index in [2.05, 4.69) is 47.6 Å². The van der Waals surface area contributed by atoms with Crippen molar-refractivity contribution >= 4 is 5.91 Å². The van der Waals surface area contributed by atoms with Gasteiger partial charge in [-0.3, -0.25) is 9.78 Å². The van der Waals surface area contributed by atoms with Crippen molar-refractivity contribution in [3.8, 4) is 0 Å². The second-order valence-electron chi connectivity index (χ2n) is 5.67. The molecular weight excluding hydrogens is 272 g/mol. The Morgan fingerprint density at radius 1 is 1.23 bits per heavy atom. The summed E-state index contributed by atoms with van der Waals surface area (Å²) in [5.74, 6) is 0.401. The van der Waals surface area contributed by atoms with Gasteiger partial charge < -0.3 is 5.32 Å². The number of hydrogen-bond donors (Lipinski definition) is 1. The maximum Gasteiger partial charge on any atom is 0.220 e. The molecule has 1 N–H and O–H groups in total. The minimum atomic E-state index is 0.132. The van der Waals surface area contributed by atoms with Gasteiger partial charge in [0.2, 0.25) is 5.91 Å². The lowest BCUT2D eigenvalue weighted by atomic mass is 9.89. The summed E-state index contributed by atoms with van der Waals surface area (Å²) in [5.41, 5.74) is 3.75. The van der Waals surface area contributed by atoms with Crippen LogP contribution in [-0.2, 0) is 11.2 Å². The molecular formula is C19H24N2O. The Bertz CT molecular complexity index is 595. The molecule has 1 heterocycles. The molecule has 1 aromatic carbocycles. The number of aryl methyl sites for hydroxylation is 1. The molecule has 1 atom stereocenters. The Morgan fingerprint density at radius 3 is 2.73 bits per heavy atom. The quantitative estimate of drug-likeness (QED) is 0.847. The van der Waals surface area contributed by atoms with Crippen molar-refractivity contribution in [1.82, 2.24) is 10.3 Å². The summed E-state index contributed by atoms with van der Waals surface area (Å²) in [6.45, 7) is 4.81. The van der Waals surface area contributed by atoms with E-state index >= 15 is 0 Å². The van der Waals surface area contributed by atoms with Gasteiger partial charge in [-0.25, -0.2) is 0 Å². The molecule has 0 fully saturated rings. The molecule has 1 aromatic heterocycles. The fraction of sp³-hybridized carbons (Fsp3) is 0.368. The lowest BCUT2D eigenvalue weighted by Gasteiger charge is -2.20.